The van der Waals surface area contributed by atoms with Crippen LogP contribution in [0.3, 0.4) is 0 Å². The number of nitrogens with zero attached hydrogens (tertiary/aromatic N) is 2. The lowest BCUT2D eigenvalue weighted by Gasteiger charge is -2.16. The van der Waals surface area contributed by atoms with E-state index < -0.39 is 0 Å². The van der Waals surface area contributed by atoms with Crippen molar-refractivity contribution < 1.29 is 4.79 Å². The second-order valence-corrected chi connectivity index (χ2v) is 4.85. The van der Waals surface area contributed by atoms with Gasteiger partial charge in [-0.15, -0.1) is 0 Å². The van der Waals surface area contributed by atoms with E-state index in [1.165, 1.54) is 11.1 Å². The number of carbonyl (C=O) groups excluding carboxylic acids is 1. The molecule has 0 saturated carbocycles. The zero-order valence-corrected chi connectivity index (χ0v) is 11.4. The summed E-state index contributed by atoms with van der Waals surface area (Å²) >= 11 is 0. The van der Waals surface area contributed by atoms with E-state index in [4.69, 9.17) is 0 Å². The molecule has 1 aromatic carbocycles. The van der Waals surface area contributed by atoms with Crippen LogP contribution in [0.25, 0.3) is 0 Å². The second-order valence-electron chi connectivity index (χ2n) is 4.85. The van der Waals surface area contributed by atoms with Gasteiger partial charge >= 0.3 is 0 Å². The number of benzene rings is 1. The normalized spacial score (nSPS) is 10.4. The molecular weight excluding hydrogens is 238 g/mol. The number of aromatic amines is 1. The fourth-order valence-electron chi connectivity index (χ4n) is 2.04. The van der Waals surface area contributed by atoms with Gasteiger partial charge in [0.15, 0.2) is 0 Å². The number of H-pyrrole nitrogens is 1. The van der Waals surface area contributed by atoms with Crippen molar-refractivity contribution in [2.45, 2.75) is 26.3 Å². The third kappa shape index (κ3) is 3.95. The maximum atomic E-state index is 12.0. The van der Waals surface area contributed by atoms with E-state index in [0.29, 0.717) is 13.0 Å². The van der Waals surface area contributed by atoms with Crippen LogP contribution in [0.2, 0.25) is 0 Å². The number of hydrogen-bond donors (Lipinski definition) is 1. The topological polar surface area (TPSA) is 49.0 Å². The van der Waals surface area contributed by atoms with E-state index in [2.05, 4.69) is 35.3 Å². The molecule has 1 heterocycles. The zero-order valence-electron chi connectivity index (χ0n) is 11.4. The molecule has 19 heavy (non-hydrogen) atoms. The summed E-state index contributed by atoms with van der Waals surface area (Å²) in [6.07, 6.45) is 4.88. The number of aromatic nitrogens is 2. The van der Waals surface area contributed by atoms with Crippen molar-refractivity contribution in [3.05, 3.63) is 53.3 Å². The first-order valence-electron chi connectivity index (χ1n) is 6.42. The molecule has 0 aliphatic carbocycles. The number of hydrogen-bond acceptors (Lipinski definition) is 2. The summed E-state index contributed by atoms with van der Waals surface area (Å²) in [6.45, 7) is 2.67. The highest BCUT2D eigenvalue weighted by molar-refractivity contribution is 5.76. The number of nitrogens with one attached hydrogen (secondary N) is 1. The third-order valence-electron chi connectivity index (χ3n) is 3.11. The van der Waals surface area contributed by atoms with Gasteiger partial charge in [0, 0.05) is 31.8 Å². The molecule has 4 heteroatoms. The van der Waals surface area contributed by atoms with Crippen LogP contribution in [-0.2, 0) is 17.8 Å². The van der Waals surface area contributed by atoms with E-state index >= 15 is 0 Å². The van der Waals surface area contributed by atoms with Crippen molar-refractivity contribution in [2.75, 3.05) is 7.05 Å². The Morgan fingerprint density at radius 3 is 2.89 bits per heavy atom. The van der Waals surface area contributed by atoms with E-state index in [1.807, 2.05) is 19.3 Å². The molecule has 0 radical (unpaired) electrons. The van der Waals surface area contributed by atoms with E-state index in [-0.39, 0.29) is 5.91 Å². The fourth-order valence-corrected chi connectivity index (χ4v) is 2.04. The predicted octanol–water partition coefficient (Wildman–Crippen LogP) is 2.31. The molecule has 0 atom stereocenters. The third-order valence-corrected chi connectivity index (χ3v) is 3.11. The minimum absolute atomic E-state index is 0.155. The fraction of sp³-hybridized carbons (Fsp3) is 0.333. The van der Waals surface area contributed by atoms with E-state index in [0.717, 1.165) is 12.0 Å². The summed E-state index contributed by atoms with van der Waals surface area (Å²) in [6, 6.07) is 8.29. The van der Waals surface area contributed by atoms with Crippen molar-refractivity contribution in [1.29, 1.82) is 0 Å². The monoisotopic (exact) mass is 257 g/mol. The number of rotatable bonds is 5. The molecule has 1 N–H and O–H groups in total. The van der Waals surface area contributed by atoms with Crippen molar-refractivity contribution in [3.63, 3.8) is 0 Å². The molecule has 1 amide bonds. The summed E-state index contributed by atoms with van der Waals surface area (Å²) in [4.78, 5) is 13.8. The first-order chi connectivity index (χ1) is 9.15. The molecule has 100 valence electrons. The van der Waals surface area contributed by atoms with Gasteiger partial charge in [-0.05, 0) is 18.9 Å². The van der Waals surface area contributed by atoms with Gasteiger partial charge in [0.25, 0.3) is 0 Å². The molecule has 0 bridgehead atoms. The molecule has 4 nitrogen and oxygen atoms in total. The summed E-state index contributed by atoms with van der Waals surface area (Å²) in [5.41, 5.74) is 3.47. The Labute approximate surface area is 113 Å². The van der Waals surface area contributed by atoms with Crippen LogP contribution >= 0.6 is 0 Å². The average molecular weight is 257 g/mol. The van der Waals surface area contributed by atoms with Gasteiger partial charge in [-0.1, -0.05) is 29.8 Å². The predicted molar refractivity (Wildman–Crippen MR) is 74.6 cm³/mol. The second kappa shape index (κ2) is 6.18. The van der Waals surface area contributed by atoms with E-state index in [1.54, 1.807) is 11.1 Å². The molecule has 0 aliphatic rings. The van der Waals surface area contributed by atoms with Gasteiger partial charge in [0.1, 0.15) is 0 Å². The summed E-state index contributed by atoms with van der Waals surface area (Å²) in [5.74, 6) is 0.155. The Morgan fingerprint density at radius 1 is 1.37 bits per heavy atom. The molecule has 2 rings (SSSR count). The molecular formula is C15H19N3O. The van der Waals surface area contributed by atoms with Gasteiger partial charge in [-0.3, -0.25) is 9.89 Å². The molecule has 0 unspecified atom stereocenters. The molecule has 0 saturated heterocycles. The van der Waals surface area contributed by atoms with Gasteiger partial charge in [-0.2, -0.15) is 5.10 Å². The van der Waals surface area contributed by atoms with Crippen LogP contribution in [0.5, 0.6) is 0 Å². The number of aryl methyl sites for hydroxylation is 2. The Hall–Kier alpha value is -2.10. The Morgan fingerprint density at radius 2 is 2.21 bits per heavy atom. The van der Waals surface area contributed by atoms with Crippen LogP contribution in [0, 0.1) is 6.92 Å². The largest absolute Gasteiger partial charge is 0.341 e. The lowest BCUT2D eigenvalue weighted by atomic mass is 10.1. The van der Waals surface area contributed by atoms with Crippen LogP contribution in [0.15, 0.2) is 36.7 Å². The summed E-state index contributed by atoms with van der Waals surface area (Å²) in [5, 5.41) is 6.63. The van der Waals surface area contributed by atoms with Crippen molar-refractivity contribution in [1.82, 2.24) is 15.1 Å². The van der Waals surface area contributed by atoms with Crippen LogP contribution in [0.1, 0.15) is 23.1 Å². The molecule has 0 aliphatic heterocycles. The van der Waals surface area contributed by atoms with Gasteiger partial charge in [0.05, 0.1) is 6.20 Å². The molecule has 0 spiro atoms. The number of carbonyl (C=O) groups is 1. The summed E-state index contributed by atoms with van der Waals surface area (Å²) < 4.78 is 0. The van der Waals surface area contributed by atoms with Crippen LogP contribution in [0.4, 0.5) is 0 Å². The van der Waals surface area contributed by atoms with Crippen molar-refractivity contribution in [3.8, 4) is 0 Å². The molecule has 1 aromatic heterocycles. The minimum atomic E-state index is 0.155. The average Bonchev–Trinajstić information content (AvgIpc) is 2.89. The van der Waals surface area contributed by atoms with Gasteiger partial charge in [0.2, 0.25) is 5.91 Å². The number of amides is 1. The first kappa shape index (κ1) is 13.3. The van der Waals surface area contributed by atoms with E-state index in [9.17, 15) is 4.79 Å². The quantitative estimate of drug-likeness (QED) is 0.893. The minimum Gasteiger partial charge on any atom is -0.341 e. The van der Waals surface area contributed by atoms with Crippen molar-refractivity contribution >= 4 is 5.91 Å². The maximum absolute atomic E-state index is 12.0. The lowest BCUT2D eigenvalue weighted by Crippen LogP contribution is -2.26. The smallest absolute Gasteiger partial charge is 0.222 e. The Bertz CT molecular complexity index is 534. The Balaban J connectivity index is 1.84. The Kier molecular flexibility index (Phi) is 4.34. The lowest BCUT2D eigenvalue weighted by molar-refractivity contribution is -0.130. The SMILES string of the molecule is Cc1cccc(CCC(=O)N(C)Cc2cn[nH]c2)c1. The first-order valence-corrected chi connectivity index (χ1v) is 6.42. The van der Waals surface area contributed by atoms with Crippen molar-refractivity contribution in [2.24, 2.45) is 0 Å². The van der Waals surface area contributed by atoms with Crippen LogP contribution in [-0.4, -0.2) is 28.1 Å². The van der Waals surface area contributed by atoms with Gasteiger partial charge < -0.3 is 4.90 Å². The zero-order chi connectivity index (χ0) is 13.7. The molecule has 0 fully saturated rings. The highest BCUT2D eigenvalue weighted by Crippen LogP contribution is 2.08. The van der Waals surface area contributed by atoms with Gasteiger partial charge in [-0.25, -0.2) is 0 Å². The highest BCUT2D eigenvalue weighted by Gasteiger charge is 2.09. The standard InChI is InChI=1S/C15H19N3O/c1-12-4-3-5-13(8-12)6-7-15(19)18(2)11-14-9-16-17-10-14/h3-5,8-10H,6-7,11H2,1-2H3,(H,16,17). The maximum Gasteiger partial charge on any atom is 0.222 e. The highest BCUT2D eigenvalue weighted by atomic mass is 16.2. The van der Waals surface area contributed by atoms with Crippen LogP contribution < -0.4 is 0 Å². The molecule has 2 aromatic rings. The summed E-state index contributed by atoms with van der Waals surface area (Å²) in [7, 11) is 1.82.